The molecule has 0 aromatic rings. The number of nitrogens with one attached hydrogen (secondary N) is 1. The fourth-order valence-corrected chi connectivity index (χ4v) is 0.901. The van der Waals surface area contributed by atoms with Gasteiger partial charge in [0.1, 0.15) is 5.84 Å². The van der Waals surface area contributed by atoms with E-state index in [4.69, 9.17) is 0 Å². The molecule has 0 saturated carbocycles. The number of rotatable bonds is 1. The van der Waals surface area contributed by atoms with Crippen LogP contribution in [0.2, 0.25) is 0 Å². The molecule has 0 amide bonds. The minimum Gasteiger partial charge on any atom is -0.493 e. The second kappa shape index (κ2) is 3.26. The lowest BCUT2D eigenvalue weighted by Crippen LogP contribution is -2.29. The average molecular weight is 218 g/mol. The van der Waals surface area contributed by atoms with Gasteiger partial charge in [-0.25, -0.2) is 0 Å². The Kier molecular flexibility index (Phi) is 2.54. The Labute approximate surface area is 74.3 Å². The van der Waals surface area contributed by atoms with Crippen molar-refractivity contribution in [3.63, 3.8) is 0 Å². The average Bonchev–Trinajstić information content (AvgIpc) is 1.94. The van der Waals surface area contributed by atoms with Crippen molar-refractivity contribution in [2.45, 2.75) is 13.8 Å². The zero-order chi connectivity index (χ0) is 8.43. The van der Waals surface area contributed by atoms with E-state index >= 15 is 0 Å². The molecule has 2 N–H and O–H groups in total. The van der Waals surface area contributed by atoms with Crippen molar-refractivity contribution in [3.8, 4) is 0 Å². The fraction of sp³-hybridized carbons (Fsp3) is 0.429. The van der Waals surface area contributed by atoms with Gasteiger partial charge in [0.15, 0.2) is 0 Å². The quantitative estimate of drug-likeness (QED) is 0.706. The molecule has 3 nitrogen and oxygen atoms in total. The minimum atomic E-state index is 0.0347. The van der Waals surface area contributed by atoms with Gasteiger partial charge < -0.3 is 10.4 Å². The number of aliphatic hydroxyl groups excluding tert-OH is 1. The normalized spacial score (nSPS) is 18.4. The van der Waals surface area contributed by atoms with E-state index in [1.807, 2.05) is 13.8 Å². The van der Waals surface area contributed by atoms with Crippen molar-refractivity contribution in [1.29, 1.82) is 0 Å². The maximum Gasteiger partial charge on any atom is 0.225 e. The first-order chi connectivity index (χ1) is 5.11. The van der Waals surface area contributed by atoms with E-state index in [-0.39, 0.29) is 5.88 Å². The highest BCUT2D eigenvalue weighted by Crippen LogP contribution is 2.17. The number of nitrogens with zero attached hydrogens (tertiary/aromatic N) is 1. The van der Waals surface area contributed by atoms with Crippen molar-refractivity contribution in [3.05, 3.63) is 16.9 Å². The zero-order valence-electron chi connectivity index (χ0n) is 6.43. The molecule has 0 aromatic heterocycles. The van der Waals surface area contributed by atoms with Gasteiger partial charge in [-0.2, -0.15) is 4.99 Å². The van der Waals surface area contributed by atoms with Crippen LogP contribution >= 0.6 is 15.9 Å². The van der Waals surface area contributed by atoms with E-state index < -0.39 is 0 Å². The van der Waals surface area contributed by atoms with Crippen LogP contribution in [0, 0.1) is 12.5 Å². The molecule has 1 rings (SSSR count). The standard InChI is InChI=1S/C7H10BrN2O/c1-4(2)6-9-3-5(8)7(11)10-6/h3-4,11H,1-2H3,(H,9,10). The Balaban J connectivity index is 2.81. The van der Waals surface area contributed by atoms with E-state index in [0.29, 0.717) is 10.4 Å². The molecule has 0 saturated heterocycles. The molecule has 0 bridgehead atoms. The molecular formula is C7H10BrN2O. The highest BCUT2D eigenvalue weighted by molar-refractivity contribution is 9.11. The van der Waals surface area contributed by atoms with Gasteiger partial charge in [0, 0.05) is 5.92 Å². The highest BCUT2D eigenvalue weighted by atomic mass is 79.9. The lowest BCUT2D eigenvalue weighted by Gasteiger charge is -2.16. The Morgan fingerprint density at radius 1 is 1.64 bits per heavy atom. The summed E-state index contributed by atoms with van der Waals surface area (Å²) in [6, 6.07) is 0. The minimum absolute atomic E-state index is 0.0347. The first-order valence-corrected chi connectivity index (χ1v) is 4.17. The van der Waals surface area contributed by atoms with Crippen LogP contribution in [-0.4, -0.2) is 10.9 Å². The molecule has 1 aliphatic heterocycles. The van der Waals surface area contributed by atoms with Crippen LogP contribution in [0.3, 0.4) is 0 Å². The van der Waals surface area contributed by atoms with Gasteiger partial charge in [0.2, 0.25) is 5.88 Å². The summed E-state index contributed by atoms with van der Waals surface area (Å²) >= 11 is 3.13. The molecule has 0 aliphatic carbocycles. The van der Waals surface area contributed by atoms with Gasteiger partial charge in [-0.3, -0.25) is 0 Å². The molecule has 11 heavy (non-hydrogen) atoms. The first-order valence-electron chi connectivity index (χ1n) is 3.38. The van der Waals surface area contributed by atoms with Crippen molar-refractivity contribution < 1.29 is 5.11 Å². The van der Waals surface area contributed by atoms with E-state index in [2.05, 4.69) is 26.2 Å². The topological polar surface area (TPSA) is 44.6 Å². The smallest absolute Gasteiger partial charge is 0.225 e. The van der Waals surface area contributed by atoms with Crippen LogP contribution in [0.25, 0.3) is 0 Å². The predicted molar refractivity (Wildman–Crippen MR) is 48.3 cm³/mol. The second-order valence-electron chi connectivity index (χ2n) is 2.61. The van der Waals surface area contributed by atoms with Crippen molar-refractivity contribution in [2.75, 3.05) is 0 Å². The molecule has 0 fully saturated rings. The van der Waals surface area contributed by atoms with Crippen LogP contribution in [0.15, 0.2) is 15.4 Å². The van der Waals surface area contributed by atoms with E-state index in [1.165, 1.54) is 0 Å². The Hall–Kier alpha value is -0.510. The molecule has 61 valence electrons. The van der Waals surface area contributed by atoms with Crippen LogP contribution < -0.4 is 5.32 Å². The summed E-state index contributed by atoms with van der Waals surface area (Å²) in [4.78, 5) is 3.93. The summed E-state index contributed by atoms with van der Waals surface area (Å²) in [5.41, 5.74) is 0. The Morgan fingerprint density at radius 2 is 2.27 bits per heavy atom. The molecule has 1 heterocycles. The van der Waals surface area contributed by atoms with E-state index in [0.717, 1.165) is 5.84 Å². The lowest BCUT2D eigenvalue weighted by atomic mass is 10.2. The summed E-state index contributed by atoms with van der Waals surface area (Å²) in [5.74, 6) is 1.12. The summed E-state index contributed by atoms with van der Waals surface area (Å²) < 4.78 is 0.585. The number of amidine groups is 1. The van der Waals surface area contributed by atoms with Crippen LogP contribution in [0.1, 0.15) is 13.8 Å². The molecular weight excluding hydrogens is 208 g/mol. The van der Waals surface area contributed by atoms with Gasteiger partial charge in [-0.05, 0) is 15.9 Å². The molecule has 4 heteroatoms. The third-order valence-electron chi connectivity index (χ3n) is 1.33. The predicted octanol–water partition coefficient (Wildman–Crippen LogP) is 1.93. The first kappa shape index (κ1) is 8.59. The maximum absolute atomic E-state index is 9.17. The van der Waals surface area contributed by atoms with Crippen molar-refractivity contribution in [2.24, 2.45) is 10.9 Å². The molecule has 0 unspecified atom stereocenters. The van der Waals surface area contributed by atoms with Gasteiger partial charge in [-0.1, -0.05) is 13.8 Å². The number of halogens is 1. The Morgan fingerprint density at radius 3 is 2.73 bits per heavy atom. The number of hydrogen-bond donors (Lipinski definition) is 2. The van der Waals surface area contributed by atoms with E-state index in [1.54, 1.807) is 6.54 Å². The third-order valence-corrected chi connectivity index (χ3v) is 1.92. The molecule has 1 aliphatic rings. The highest BCUT2D eigenvalue weighted by Gasteiger charge is 2.13. The Bertz CT molecular complexity index is 220. The molecule has 0 atom stereocenters. The molecule has 0 aromatic carbocycles. The number of hydrogen-bond acceptors (Lipinski definition) is 3. The monoisotopic (exact) mass is 217 g/mol. The van der Waals surface area contributed by atoms with Crippen molar-refractivity contribution >= 4 is 21.8 Å². The van der Waals surface area contributed by atoms with Crippen LogP contribution in [-0.2, 0) is 0 Å². The summed E-state index contributed by atoms with van der Waals surface area (Å²) in [5, 5.41) is 12.1. The summed E-state index contributed by atoms with van der Waals surface area (Å²) in [7, 11) is 0. The third kappa shape index (κ3) is 1.96. The second-order valence-corrected chi connectivity index (χ2v) is 3.47. The van der Waals surface area contributed by atoms with Gasteiger partial charge >= 0.3 is 0 Å². The van der Waals surface area contributed by atoms with Crippen LogP contribution in [0.5, 0.6) is 0 Å². The van der Waals surface area contributed by atoms with Gasteiger partial charge in [-0.15, -0.1) is 0 Å². The number of aliphatic hydroxyl groups is 1. The zero-order valence-corrected chi connectivity index (χ0v) is 8.01. The van der Waals surface area contributed by atoms with Gasteiger partial charge in [0.05, 0.1) is 11.0 Å². The van der Waals surface area contributed by atoms with Gasteiger partial charge in [0.25, 0.3) is 0 Å². The maximum atomic E-state index is 9.17. The molecule has 1 radical (unpaired) electrons. The lowest BCUT2D eigenvalue weighted by molar-refractivity contribution is 0.401. The molecule has 0 spiro atoms. The summed E-state index contributed by atoms with van der Waals surface area (Å²) in [6.45, 7) is 5.69. The van der Waals surface area contributed by atoms with E-state index in [9.17, 15) is 5.11 Å². The van der Waals surface area contributed by atoms with Crippen LogP contribution in [0.4, 0.5) is 0 Å². The number of aliphatic imine (C=N–C) groups is 1. The fourth-order valence-electron chi connectivity index (χ4n) is 0.697. The largest absolute Gasteiger partial charge is 0.493 e. The SMILES string of the molecule is CC(C)C1=NC(O)=C(Br)[CH]N1. The summed E-state index contributed by atoms with van der Waals surface area (Å²) in [6.07, 6.45) is 0. The van der Waals surface area contributed by atoms with Crippen molar-refractivity contribution in [1.82, 2.24) is 5.32 Å².